The summed E-state index contributed by atoms with van der Waals surface area (Å²) < 4.78 is 5.20. The standard InChI is InChI=1S/C17H19NO/c1-19-17-8-6-14(7-9-17)12-18-11-10-15-4-2-3-5-16(15)13-18/h2-9H,10-13H2,1H3/p+1. The van der Waals surface area contributed by atoms with E-state index < -0.39 is 0 Å². The Kier molecular flexibility index (Phi) is 3.51. The van der Waals surface area contributed by atoms with Gasteiger partial charge in [-0.25, -0.2) is 0 Å². The van der Waals surface area contributed by atoms with E-state index in [-0.39, 0.29) is 0 Å². The lowest BCUT2D eigenvalue weighted by Gasteiger charge is -2.25. The first-order chi connectivity index (χ1) is 9.35. The summed E-state index contributed by atoms with van der Waals surface area (Å²) in [5, 5.41) is 0. The molecule has 2 aromatic carbocycles. The van der Waals surface area contributed by atoms with Crippen molar-refractivity contribution in [1.82, 2.24) is 0 Å². The van der Waals surface area contributed by atoms with Crippen LogP contribution in [0, 0.1) is 0 Å². The number of quaternary nitrogens is 1. The number of hydrogen-bond acceptors (Lipinski definition) is 1. The first-order valence-corrected chi connectivity index (χ1v) is 6.88. The van der Waals surface area contributed by atoms with Crippen molar-refractivity contribution in [2.45, 2.75) is 19.5 Å². The molecule has 0 radical (unpaired) electrons. The Morgan fingerprint density at radius 3 is 2.47 bits per heavy atom. The fourth-order valence-corrected chi connectivity index (χ4v) is 2.83. The van der Waals surface area contributed by atoms with Crippen molar-refractivity contribution < 1.29 is 9.64 Å². The third kappa shape index (κ3) is 2.79. The molecule has 2 aromatic rings. The molecule has 0 saturated carbocycles. The van der Waals surface area contributed by atoms with Crippen molar-refractivity contribution in [3.63, 3.8) is 0 Å². The fraction of sp³-hybridized carbons (Fsp3) is 0.294. The second-order valence-electron chi connectivity index (χ2n) is 5.22. The lowest BCUT2D eigenvalue weighted by atomic mass is 9.99. The van der Waals surface area contributed by atoms with Gasteiger partial charge >= 0.3 is 0 Å². The van der Waals surface area contributed by atoms with Gasteiger partial charge in [0.05, 0.1) is 13.7 Å². The summed E-state index contributed by atoms with van der Waals surface area (Å²) in [6.45, 7) is 3.46. The molecule has 1 atom stereocenters. The maximum absolute atomic E-state index is 5.20. The Morgan fingerprint density at radius 2 is 1.74 bits per heavy atom. The molecule has 1 unspecified atom stereocenters. The molecule has 0 aliphatic carbocycles. The number of ether oxygens (including phenoxy) is 1. The zero-order valence-corrected chi connectivity index (χ0v) is 11.4. The Labute approximate surface area is 114 Å². The van der Waals surface area contributed by atoms with Gasteiger partial charge in [-0.2, -0.15) is 0 Å². The van der Waals surface area contributed by atoms with Gasteiger partial charge in [0.15, 0.2) is 0 Å². The highest BCUT2D eigenvalue weighted by molar-refractivity contribution is 5.28. The van der Waals surface area contributed by atoms with Crippen LogP contribution in [0.25, 0.3) is 0 Å². The van der Waals surface area contributed by atoms with Crippen LogP contribution in [0.1, 0.15) is 16.7 Å². The summed E-state index contributed by atoms with van der Waals surface area (Å²) in [5.74, 6) is 0.933. The van der Waals surface area contributed by atoms with Gasteiger partial charge in [0.1, 0.15) is 18.8 Å². The summed E-state index contributed by atoms with van der Waals surface area (Å²) in [4.78, 5) is 1.64. The highest BCUT2D eigenvalue weighted by Crippen LogP contribution is 2.13. The Morgan fingerprint density at radius 1 is 1.00 bits per heavy atom. The van der Waals surface area contributed by atoms with E-state index in [1.54, 1.807) is 12.0 Å². The molecule has 0 bridgehead atoms. The summed E-state index contributed by atoms with van der Waals surface area (Å²) in [6, 6.07) is 17.3. The third-order valence-corrected chi connectivity index (χ3v) is 3.92. The zero-order valence-electron chi connectivity index (χ0n) is 11.4. The van der Waals surface area contributed by atoms with E-state index in [0.717, 1.165) is 18.8 Å². The molecule has 19 heavy (non-hydrogen) atoms. The van der Waals surface area contributed by atoms with Crippen LogP contribution in [-0.4, -0.2) is 13.7 Å². The Balaban J connectivity index is 1.68. The SMILES string of the molecule is COc1ccc(C[NH+]2CCc3ccccc3C2)cc1. The van der Waals surface area contributed by atoms with Crippen molar-refractivity contribution in [2.24, 2.45) is 0 Å². The van der Waals surface area contributed by atoms with Gasteiger partial charge in [-0.1, -0.05) is 24.3 Å². The van der Waals surface area contributed by atoms with Crippen LogP contribution >= 0.6 is 0 Å². The van der Waals surface area contributed by atoms with E-state index in [0.29, 0.717) is 0 Å². The maximum atomic E-state index is 5.20. The summed E-state index contributed by atoms with van der Waals surface area (Å²) >= 11 is 0. The normalized spacial score (nSPS) is 17.8. The molecule has 2 nitrogen and oxygen atoms in total. The molecule has 1 heterocycles. The number of rotatable bonds is 3. The second-order valence-corrected chi connectivity index (χ2v) is 5.22. The quantitative estimate of drug-likeness (QED) is 0.882. The highest BCUT2D eigenvalue weighted by Gasteiger charge is 2.18. The largest absolute Gasteiger partial charge is 0.497 e. The summed E-state index contributed by atoms with van der Waals surface area (Å²) in [6.07, 6.45) is 1.20. The molecular weight excluding hydrogens is 234 g/mol. The lowest BCUT2D eigenvalue weighted by Crippen LogP contribution is -3.10. The average molecular weight is 254 g/mol. The lowest BCUT2D eigenvalue weighted by molar-refractivity contribution is -0.929. The van der Waals surface area contributed by atoms with E-state index in [9.17, 15) is 0 Å². The molecule has 0 amide bonds. The Bertz CT molecular complexity index is 547. The molecule has 3 rings (SSSR count). The first kappa shape index (κ1) is 12.2. The Hall–Kier alpha value is -1.80. The smallest absolute Gasteiger partial charge is 0.118 e. The average Bonchev–Trinajstić information content (AvgIpc) is 2.48. The minimum atomic E-state index is 0.933. The van der Waals surface area contributed by atoms with Gasteiger partial charge in [0.2, 0.25) is 0 Å². The van der Waals surface area contributed by atoms with Gasteiger partial charge in [0.25, 0.3) is 0 Å². The highest BCUT2D eigenvalue weighted by atomic mass is 16.5. The van der Waals surface area contributed by atoms with Crippen LogP contribution in [-0.2, 0) is 19.5 Å². The van der Waals surface area contributed by atoms with Crippen molar-refractivity contribution in [3.05, 3.63) is 65.2 Å². The van der Waals surface area contributed by atoms with Crippen LogP contribution in [0.5, 0.6) is 5.75 Å². The van der Waals surface area contributed by atoms with E-state index in [1.807, 2.05) is 12.1 Å². The van der Waals surface area contributed by atoms with Crippen LogP contribution < -0.4 is 9.64 Å². The van der Waals surface area contributed by atoms with Crippen molar-refractivity contribution >= 4 is 0 Å². The number of nitrogens with one attached hydrogen (secondary N) is 1. The van der Waals surface area contributed by atoms with Crippen molar-refractivity contribution in [2.75, 3.05) is 13.7 Å². The van der Waals surface area contributed by atoms with E-state index >= 15 is 0 Å². The summed E-state index contributed by atoms with van der Waals surface area (Å²) in [5.41, 5.74) is 4.42. The number of hydrogen-bond donors (Lipinski definition) is 1. The topological polar surface area (TPSA) is 13.7 Å². The molecule has 1 N–H and O–H groups in total. The molecule has 98 valence electrons. The molecule has 1 aliphatic heterocycles. The molecule has 0 spiro atoms. The van der Waals surface area contributed by atoms with Crippen LogP contribution in [0.15, 0.2) is 48.5 Å². The molecule has 2 heteroatoms. The van der Waals surface area contributed by atoms with Gasteiger partial charge in [-0.15, -0.1) is 0 Å². The van der Waals surface area contributed by atoms with Crippen LogP contribution in [0.3, 0.4) is 0 Å². The number of fused-ring (bicyclic) bond motifs is 1. The van der Waals surface area contributed by atoms with E-state index in [4.69, 9.17) is 4.74 Å². The fourth-order valence-electron chi connectivity index (χ4n) is 2.83. The molecule has 0 aromatic heterocycles. The van der Waals surface area contributed by atoms with Gasteiger partial charge in [0, 0.05) is 17.5 Å². The predicted octanol–water partition coefficient (Wildman–Crippen LogP) is 1.84. The minimum Gasteiger partial charge on any atom is -0.497 e. The summed E-state index contributed by atoms with van der Waals surface area (Å²) in [7, 11) is 1.71. The van der Waals surface area contributed by atoms with Gasteiger partial charge < -0.3 is 9.64 Å². The zero-order chi connectivity index (χ0) is 13.1. The van der Waals surface area contributed by atoms with Gasteiger partial charge in [-0.05, 0) is 29.8 Å². The monoisotopic (exact) mass is 254 g/mol. The molecule has 0 saturated heterocycles. The van der Waals surface area contributed by atoms with E-state index in [2.05, 4.69) is 36.4 Å². The predicted molar refractivity (Wildman–Crippen MR) is 76.4 cm³/mol. The molecular formula is C17H20NO+. The van der Waals surface area contributed by atoms with Crippen LogP contribution in [0.2, 0.25) is 0 Å². The van der Waals surface area contributed by atoms with Crippen molar-refractivity contribution in [3.8, 4) is 5.75 Å². The minimum absolute atomic E-state index is 0.933. The molecule has 0 fully saturated rings. The molecule has 1 aliphatic rings. The van der Waals surface area contributed by atoms with Gasteiger partial charge in [-0.3, -0.25) is 0 Å². The number of methoxy groups -OCH3 is 1. The first-order valence-electron chi connectivity index (χ1n) is 6.88. The second kappa shape index (κ2) is 5.45. The number of benzene rings is 2. The van der Waals surface area contributed by atoms with Crippen LogP contribution in [0.4, 0.5) is 0 Å². The van der Waals surface area contributed by atoms with Crippen molar-refractivity contribution in [1.29, 1.82) is 0 Å². The van der Waals surface area contributed by atoms with E-state index in [1.165, 1.54) is 29.7 Å². The maximum Gasteiger partial charge on any atom is 0.118 e. The third-order valence-electron chi connectivity index (χ3n) is 3.92.